The Bertz CT molecular complexity index is 172. The maximum absolute atomic E-state index is 5.68. The van der Waals surface area contributed by atoms with Crippen molar-refractivity contribution in [2.75, 3.05) is 13.2 Å². The molecule has 1 aliphatic rings. The number of hydrogen-bond donors (Lipinski definition) is 2. The van der Waals surface area contributed by atoms with Gasteiger partial charge in [0.1, 0.15) is 0 Å². The maximum atomic E-state index is 5.68. The lowest BCUT2D eigenvalue weighted by atomic mass is 10.0. The minimum atomic E-state index is 0.219. The van der Waals surface area contributed by atoms with Crippen LogP contribution >= 0.6 is 0 Å². The number of nitrogens with two attached hydrogens (primary N) is 1. The second-order valence-corrected chi connectivity index (χ2v) is 4.39. The van der Waals surface area contributed by atoms with Gasteiger partial charge in [-0.3, -0.25) is 11.3 Å². The highest BCUT2D eigenvalue weighted by Crippen LogP contribution is 2.19. The molecule has 0 saturated carbocycles. The van der Waals surface area contributed by atoms with E-state index >= 15 is 0 Å². The van der Waals surface area contributed by atoms with Crippen molar-refractivity contribution in [3.05, 3.63) is 0 Å². The highest BCUT2D eigenvalue weighted by Gasteiger charge is 2.22. The predicted molar refractivity (Wildman–Crippen MR) is 65.0 cm³/mol. The summed E-state index contributed by atoms with van der Waals surface area (Å²) in [5, 5.41) is 0. The van der Waals surface area contributed by atoms with E-state index in [-0.39, 0.29) is 12.1 Å². The minimum Gasteiger partial charge on any atom is -0.378 e. The number of ether oxygens (including phenoxy) is 2. The standard InChI is InChI=1S/C12H26N2O2/c1-3-12(15-4-2)11(14-13)8-7-10-6-5-9-16-10/h10-12,14H,3-9,13H2,1-2H3. The molecule has 1 heterocycles. The van der Waals surface area contributed by atoms with E-state index in [0.29, 0.717) is 6.10 Å². The molecule has 0 amide bonds. The molecular weight excluding hydrogens is 204 g/mol. The zero-order chi connectivity index (χ0) is 11.8. The van der Waals surface area contributed by atoms with E-state index in [2.05, 4.69) is 12.3 Å². The van der Waals surface area contributed by atoms with Gasteiger partial charge in [0.25, 0.3) is 0 Å². The van der Waals surface area contributed by atoms with Crippen LogP contribution in [-0.2, 0) is 9.47 Å². The Morgan fingerprint density at radius 2 is 2.31 bits per heavy atom. The minimum absolute atomic E-state index is 0.219. The molecule has 1 fully saturated rings. The van der Waals surface area contributed by atoms with Crippen molar-refractivity contribution >= 4 is 0 Å². The van der Waals surface area contributed by atoms with E-state index < -0.39 is 0 Å². The summed E-state index contributed by atoms with van der Waals surface area (Å²) in [4.78, 5) is 0. The van der Waals surface area contributed by atoms with Crippen LogP contribution in [0.2, 0.25) is 0 Å². The van der Waals surface area contributed by atoms with Gasteiger partial charge in [-0.2, -0.15) is 0 Å². The quantitative estimate of drug-likeness (QED) is 0.491. The molecule has 3 N–H and O–H groups in total. The molecule has 4 heteroatoms. The molecule has 0 aromatic carbocycles. The summed E-state index contributed by atoms with van der Waals surface area (Å²) in [5.41, 5.74) is 2.88. The molecule has 3 atom stereocenters. The summed E-state index contributed by atoms with van der Waals surface area (Å²) in [6.45, 7) is 5.83. The van der Waals surface area contributed by atoms with Gasteiger partial charge in [0.05, 0.1) is 12.2 Å². The van der Waals surface area contributed by atoms with Gasteiger partial charge in [0.15, 0.2) is 0 Å². The number of nitrogens with one attached hydrogen (secondary N) is 1. The third-order valence-electron chi connectivity index (χ3n) is 3.27. The van der Waals surface area contributed by atoms with E-state index in [1.807, 2.05) is 6.92 Å². The van der Waals surface area contributed by atoms with Gasteiger partial charge in [0.2, 0.25) is 0 Å². The zero-order valence-electron chi connectivity index (χ0n) is 10.6. The first-order valence-electron chi connectivity index (χ1n) is 6.51. The Labute approximate surface area is 98.8 Å². The average molecular weight is 230 g/mol. The van der Waals surface area contributed by atoms with Crippen molar-refractivity contribution in [3.8, 4) is 0 Å². The third-order valence-corrected chi connectivity index (χ3v) is 3.27. The first-order chi connectivity index (χ1) is 7.81. The molecular formula is C12H26N2O2. The van der Waals surface area contributed by atoms with Crippen molar-refractivity contribution in [2.24, 2.45) is 5.84 Å². The second kappa shape index (κ2) is 8.01. The highest BCUT2D eigenvalue weighted by atomic mass is 16.5. The summed E-state index contributed by atoms with van der Waals surface area (Å²) >= 11 is 0. The van der Waals surface area contributed by atoms with Gasteiger partial charge in [-0.05, 0) is 39.0 Å². The fraction of sp³-hybridized carbons (Fsp3) is 1.00. The Kier molecular flexibility index (Phi) is 6.96. The van der Waals surface area contributed by atoms with Gasteiger partial charge in [0, 0.05) is 19.3 Å². The van der Waals surface area contributed by atoms with Crippen LogP contribution in [0.1, 0.15) is 46.0 Å². The van der Waals surface area contributed by atoms with Crippen LogP contribution in [0.15, 0.2) is 0 Å². The van der Waals surface area contributed by atoms with Crippen LogP contribution in [0.25, 0.3) is 0 Å². The largest absolute Gasteiger partial charge is 0.378 e. The molecule has 1 rings (SSSR count). The Morgan fingerprint density at radius 3 is 2.81 bits per heavy atom. The van der Waals surface area contributed by atoms with E-state index in [4.69, 9.17) is 15.3 Å². The van der Waals surface area contributed by atoms with E-state index in [0.717, 1.165) is 32.5 Å². The number of hydrogen-bond acceptors (Lipinski definition) is 4. The molecule has 1 saturated heterocycles. The summed E-state index contributed by atoms with van der Waals surface area (Å²) in [6, 6.07) is 0.245. The molecule has 0 bridgehead atoms. The van der Waals surface area contributed by atoms with Crippen molar-refractivity contribution in [2.45, 2.75) is 64.2 Å². The molecule has 4 nitrogen and oxygen atoms in total. The van der Waals surface area contributed by atoms with Crippen molar-refractivity contribution in [1.29, 1.82) is 0 Å². The summed E-state index contributed by atoms with van der Waals surface area (Å²) in [5.74, 6) is 5.59. The SMILES string of the molecule is CCOC(CC)C(CCC1CCCO1)NN. The lowest BCUT2D eigenvalue weighted by Crippen LogP contribution is -2.45. The summed E-state index contributed by atoms with van der Waals surface area (Å²) in [7, 11) is 0. The molecule has 16 heavy (non-hydrogen) atoms. The van der Waals surface area contributed by atoms with Crippen LogP contribution < -0.4 is 11.3 Å². The van der Waals surface area contributed by atoms with Crippen LogP contribution in [0.3, 0.4) is 0 Å². The van der Waals surface area contributed by atoms with Gasteiger partial charge < -0.3 is 9.47 Å². The van der Waals surface area contributed by atoms with Crippen molar-refractivity contribution in [3.63, 3.8) is 0 Å². The van der Waals surface area contributed by atoms with E-state index in [1.54, 1.807) is 0 Å². The molecule has 0 radical (unpaired) electrons. The number of hydrazine groups is 1. The second-order valence-electron chi connectivity index (χ2n) is 4.39. The zero-order valence-corrected chi connectivity index (χ0v) is 10.6. The fourth-order valence-electron chi connectivity index (χ4n) is 2.35. The lowest BCUT2D eigenvalue weighted by molar-refractivity contribution is 0.0231. The topological polar surface area (TPSA) is 56.5 Å². The Morgan fingerprint density at radius 1 is 1.50 bits per heavy atom. The lowest BCUT2D eigenvalue weighted by Gasteiger charge is -2.26. The molecule has 0 spiro atoms. The van der Waals surface area contributed by atoms with Crippen LogP contribution in [0.4, 0.5) is 0 Å². The Hall–Kier alpha value is -0.160. The number of rotatable bonds is 8. The maximum Gasteiger partial charge on any atom is 0.0738 e. The predicted octanol–water partition coefficient (Wildman–Crippen LogP) is 1.59. The summed E-state index contributed by atoms with van der Waals surface area (Å²) < 4.78 is 11.3. The third kappa shape index (κ3) is 4.37. The Balaban J connectivity index is 2.28. The molecule has 0 aromatic heterocycles. The van der Waals surface area contributed by atoms with Gasteiger partial charge >= 0.3 is 0 Å². The summed E-state index contributed by atoms with van der Waals surface area (Å²) in [6.07, 6.45) is 6.16. The fourth-order valence-corrected chi connectivity index (χ4v) is 2.35. The van der Waals surface area contributed by atoms with E-state index in [9.17, 15) is 0 Å². The normalized spacial score (nSPS) is 24.6. The van der Waals surface area contributed by atoms with Crippen LogP contribution in [0.5, 0.6) is 0 Å². The van der Waals surface area contributed by atoms with Crippen molar-refractivity contribution < 1.29 is 9.47 Å². The van der Waals surface area contributed by atoms with Crippen LogP contribution in [0, 0.1) is 0 Å². The van der Waals surface area contributed by atoms with E-state index in [1.165, 1.54) is 12.8 Å². The highest BCUT2D eigenvalue weighted by molar-refractivity contribution is 4.77. The average Bonchev–Trinajstić information content (AvgIpc) is 2.81. The van der Waals surface area contributed by atoms with Gasteiger partial charge in [-0.1, -0.05) is 6.92 Å². The van der Waals surface area contributed by atoms with Gasteiger partial charge in [-0.25, -0.2) is 0 Å². The molecule has 0 aromatic rings. The monoisotopic (exact) mass is 230 g/mol. The molecule has 0 aliphatic carbocycles. The van der Waals surface area contributed by atoms with Crippen LogP contribution in [-0.4, -0.2) is 31.5 Å². The molecule has 1 aliphatic heterocycles. The van der Waals surface area contributed by atoms with Gasteiger partial charge in [-0.15, -0.1) is 0 Å². The molecule has 96 valence electrons. The van der Waals surface area contributed by atoms with Crippen molar-refractivity contribution in [1.82, 2.24) is 5.43 Å². The first-order valence-corrected chi connectivity index (χ1v) is 6.51. The molecule has 3 unspecified atom stereocenters. The smallest absolute Gasteiger partial charge is 0.0738 e. The first kappa shape index (κ1) is 13.9.